The van der Waals surface area contributed by atoms with Gasteiger partial charge in [-0.2, -0.15) is 0 Å². The summed E-state index contributed by atoms with van der Waals surface area (Å²) in [5.74, 6) is 2.11. The first-order valence-electron chi connectivity index (χ1n) is 10.3. The van der Waals surface area contributed by atoms with E-state index in [0.717, 1.165) is 44.5 Å². The Morgan fingerprint density at radius 2 is 1.79 bits per heavy atom. The number of nitrogens with one attached hydrogen (secondary N) is 1. The molecule has 0 amide bonds. The maximum absolute atomic E-state index is 4.49. The fourth-order valence-electron chi connectivity index (χ4n) is 3.75. The van der Waals surface area contributed by atoms with Crippen molar-refractivity contribution in [1.82, 2.24) is 25.0 Å². The second kappa shape index (κ2) is 12.4. The molecule has 0 radical (unpaired) electrons. The van der Waals surface area contributed by atoms with Gasteiger partial charge in [0.1, 0.15) is 5.82 Å². The Kier molecular flexibility index (Phi) is 10.3. The van der Waals surface area contributed by atoms with Gasteiger partial charge in [-0.15, -0.1) is 24.0 Å². The minimum absolute atomic E-state index is 0. The van der Waals surface area contributed by atoms with Crippen molar-refractivity contribution in [3.05, 3.63) is 24.4 Å². The van der Waals surface area contributed by atoms with E-state index in [0.29, 0.717) is 0 Å². The van der Waals surface area contributed by atoms with E-state index in [2.05, 4.69) is 54.1 Å². The quantitative estimate of drug-likeness (QED) is 0.276. The maximum atomic E-state index is 4.49. The van der Waals surface area contributed by atoms with Gasteiger partial charge in [0.15, 0.2) is 5.96 Å². The Bertz CT molecular complexity index is 567. The van der Waals surface area contributed by atoms with Crippen molar-refractivity contribution in [2.45, 2.75) is 12.8 Å². The fourth-order valence-corrected chi connectivity index (χ4v) is 3.75. The topological polar surface area (TPSA) is 50.2 Å². The highest BCUT2D eigenvalue weighted by atomic mass is 127. The zero-order chi connectivity index (χ0) is 18.9. The van der Waals surface area contributed by atoms with Crippen LogP contribution in [0.15, 0.2) is 29.4 Å². The maximum Gasteiger partial charge on any atom is 0.193 e. The average molecular weight is 501 g/mol. The number of rotatable bonds is 6. The first kappa shape index (κ1) is 23.2. The standard InChI is InChI=1S/C20H35N7.HI/c1-21-20(23-9-5-6-10-25-13-11-24(2)12-14-25)27-17-15-26(16-18-27)19-7-3-4-8-22-19;/h3-4,7-8H,5-6,9-18H2,1-2H3,(H,21,23);1H. The zero-order valence-corrected chi connectivity index (χ0v) is 19.7. The van der Waals surface area contributed by atoms with E-state index in [9.17, 15) is 0 Å². The molecule has 0 unspecified atom stereocenters. The highest BCUT2D eigenvalue weighted by Gasteiger charge is 2.20. The van der Waals surface area contributed by atoms with Crippen molar-refractivity contribution >= 4 is 35.8 Å². The average Bonchev–Trinajstić information content (AvgIpc) is 2.73. The number of unbranched alkanes of at least 4 members (excludes halogenated alkanes) is 1. The highest BCUT2D eigenvalue weighted by Crippen LogP contribution is 2.12. The molecular weight excluding hydrogens is 465 g/mol. The van der Waals surface area contributed by atoms with Gasteiger partial charge in [0, 0.05) is 72.1 Å². The number of guanidine groups is 1. The molecule has 7 nitrogen and oxygen atoms in total. The minimum Gasteiger partial charge on any atom is -0.356 e. The Morgan fingerprint density at radius 1 is 1.04 bits per heavy atom. The van der Waals surface area contributed by atoms with E-state index in [-0.39, 0.29) is 24.0 Å². The summed E-state index contributed by atoms with van der Waals surface area (Å²) in [6, 6.07) is 6.11. The van der Waals surface area contributed by atoms with Crippen LogP contribution >= 0.6 is 24.0 Å². The number of halogens is 1. The van der Waals surface area contributed by atoms with Crippen LogP contribution in [0.2, 0.25) is 0 Å². The molecule has 2 fully saturated rings. The van der Waals surface area contributed by atoms with E-state index in [1.807, 2.05) is 19.3 Å². The van der Waals surface area contributed by atoms with Gasteiger partial charge < -0.3 is 24.9 Å². The lowest BCUT2D eigenvalue weighted by Gasteiger charge is -2.37. The van der Waals surface area contributed by atoms with Crippen molar-refractivity contribution in [1.29, 1.82) is 0 Å². The molecule has 1 N–H and O–H groups in total. The first-order chi connectivity index (χ1) is 13.3. The molecule has 0 bridgehead atoms. The van der Waals surface area contributed by atoms with Crippen molar-refractivity contribution in [2.75, 3.05) is 84.4 Å². The van der Waals surface area contributed by atoms with Crippen LogP contribution < -0.4 is 10.2 Å². The van der Waals surface area contributed by atoms with Crippen LogP contribution in [-0.4, -0.2) is 105 Å². The summed E-state index contributed by atoms with van der Waals surface area (Å²) in [4.78, 5) is 18.7. The van der Waals surface area contributed by atoms with E-state index < -0.39 is 0 Å². The molecule has 3 rings (SSSR count). The van der Waals surface area contributed by atoms with Gasteiger partial charge in [0.2, 0.25) is 0 Å². The van der Waals surface area contributed by atoms with E-state index in [1.165, 1.54) is 45.6 Å². The number of anilines is 1. The molecule has 158 valence electrons. The van der Waals surface area contributed by atoms with Gasteiger partial charge in [0.05, 0.1) is 0 Å². The largest absolute Gasteiger partial charge is 0.356 e. The van der Waals surface area contributed by atoms with E-state index >= 15 is 0 Å². The molecule has 0 spiro atoms. The minimum atomic E-state index is 0. The number of likely N-dealkylation sites (N-methyl/N-ethyl adjacent to an activating group) is 1. The Balaban J connectivity index is 0.00000280. The molecule has 0 aromatic carbocycles. The molecule has 0 aliphatic carbocycles. The molecule has 2 aliphatic heterocycles. The lowest BCUT2D eigenvalue weighted by Crippen LogP contribution is -2.52. The predicted molar refractivity (Wildman–Crippen MR) is 128 cm³/mol. The molecule has 1 aromatic heterocycles. The highest BCUT2D eigenvalue weighted by molar-refractivity contribution is 14.0. The number of nitrogens with zero attached hydrogens (tertiary/aromatic N) is 6. The van der Waals surface area contributed by atoms with E-state index in [4.69, 9.17) is 0 Å². The summed E-state index contributed by atoms with van der Waals surface area (Å²) in [6.07, 6.45) is 4.31. The Hall–Kier alpha value is -1.13. The number of aromatic nitrogens is 1. The van der Waals surface area contributed by atoms with Crippen LogP contribution in [-0.2, 0) is 0 Å². The summed E-state index contributed by atoms with van der Waals surface area (Å²) in [7, 11) is 4.10. The van der Waals surface area contributed by atoms with Crippen molar-refractivity contribution in [3.8, 4) is 0 Å². The molecule has 2 saturated heterocycles. The zero-order valence-electron chi connectivity index (χ0n) is 17.4. The molecule has 28 heavy (non-hydrogen) atoms. The molecule has 1 aromatic rings. The SMILES string of the molecule is CN=C(NCCCCN1CCN(C)CC1)N1CCN(c2ccccn2)CC1.I. The van der Waals surface area contributed by atoms with Crippen LogP contribution in [0.1, 0.15) is 12.8 Å². The molecule has 3 heterocycles. The van der Waals surface area contributed by atoms with Gasteiger partial charge >= 0.3 is 0 Å². The normalized spacial score (nSPS) is 19.4. The van der Waals surface area contributed by atoms with Crippen LogP contribution in [0, 0.1) is 0 Å². The van der Waals surface area contributed by atoms with Crippen molar-refractivity contribution in [2.24, 2.45) is 4.99 Å². The first-order valence-corrected chi connectivity index (χ1v) is 10.3. The number of pyridine rings is 1. The van der Waals surface area contributed by atoms with Gasteiger partial charge in [-0.05, 0) is 38.6 Å². The number of aliphatic imine (C=N–C) groups is 1. The molecule has 2 aliphatic rings. The third kappa shape index (κ3) is 7.04. The molecule has 0 saturated carbocycles. The number of hydrogen-bond donors (Lipinski definition) is 1. The second-order valence-corrected chi connectivity index (χ2v) is 7.49. The monoisotopic (exact) mass is 501 g/mol. The summed E-state index contributed by atoms with van der Waals surface area (Å²) >= 11 is 0. The van der Waals surface area contributed by atoms with Crippen molar-refractivity contribution < 1.29 is 0 Å². The van der Waals surface area contributed by atoms with Crippen LogP contribution in [0.5, 0.6) is 0 Å². The van der Waals surface area contributed by atoms with Gasteiger partial charge in [-0.25, -0.2) is 4.98 Å². The van der Waals surface area contributed by atoms with Crippen LogP contribution in [0.4, 0.5) is 5.82 Å². The lowest BCUT2D eigenvalue weighted by atomic mass is 10.2. The second-order valence-electron chi connectivity index (χ2n) is 7.49. The fraction of sp³-hybridized carbons (Fsp3) is 0.700. The predicted octanol–water partition coefficient (Wildman–Crippen LogP) is 1.42. The number of hydrogen-bond acceptors (Lipinski definition) is 5. The van der Waals surface area contributed by atoms with Crippen LogP contribution in [0.3, 0.4) is 0 Å². The van der Waals surface area contributed by atoms with Gasteiger partial charge in [-0.3, -0.25) is 4.99 Å². The third-order valence-corrected chi connectivity index (χ3v) is 5.54. The molecular formula is C20H36IN7. The smallest absolute Gasteiger partial charge is 0.193 e. The Labute approximate surface area is 187 Å². The van der Waals surface area contributed by atoms with Crippen molar-refractivity contribution in [3.63, 3.8) is 0 Å². The molecule has 8 heteroatoms. The summed E-state index contributed by atoms with van der Waals surface area (Å²) in [5, 5.41) is 3.55. The van der Waals surface area contributed by atoms with E-state index in [1.54, 1.807) is 0 Å². The molecule has 0 atom stereocenters. The van der Waals surface area contributed by atoms with Crippen LogP contribution in [0.25, 0.3) is 0 Å². The van der Waals surface area contributed by atoms with Gasteiger partial charge in [-0.1, -0.05) is 6.07 Å². The summed E-state index contributed by atoms with van der Waals surface area (Å²) in [6.45, 7) is 11.0. The Morgan fingerprint density at radius 3 is 2.43 bits per heavy atom. The summed E-state index contributed by atoms with van der Waals surface area (Å²) < 4.78 is 0. The third-order valence-electron chi connectivity index (χ3n) is 5.54. The lowest BCUT2D eigenvalue weighted by molar-refractivity contribution is 0.152. The summed E-state index contributed by atoms with van der Waals surface area (Å²) in [5.41, 5.74) is 0. The van der Waals surface area contributed by atoms with Gasteiger partial charge in [0.25, 0.3) is 0 Å². The number of piperazine rings is 2.